The van der Waals surface area contributed by atoms with Crippen molar-refractivity contribution in [2.24, 2.45) is 41.4 Å². The number of Topliss-reactive ketones (excluding diaryl/α,β-unsaturated/α-hetero) is 3. The largest absolute Gasteiger partial charge is 0.460 e. The molecule has 0 spiro atoms. The summed E-state index contributed by atoms with van der Waals surface area (Å²) in [6.07, 6.45) is 6.36. The highest BCUT2D eigenvalue weighted by molar-refractivity contribution is 6.39. The summed E-state index contributed by atoms with van der Waals surface area (Å²) in [5.74, 6) is -13.6. The second-order valence-corrected chi connectivity index (χ2v) is 20.0. The Morgan fingerprint density at radius 2 is 1.65 bits per heavy atom. The van der Waals surface area contributed by atoms with E-state index in [-0.39, 0.29) is 81.3 Å². The van der Waals surface area contributed by atoms with Crippen LogP contribution in [-0.2, 0) is 52.4 Å². The Kier molecular flexibility index (Phi) is 20.1. The third-order valence-corrected chi connectivity index (χ3v) is 15.1. The predicted octanol–water partition coefficient (Wildman–Crippen LogP) is 6.44. The number of ketones is 3. The summed E-state index contributed by atoms with van der Waals surface area (Å²) in [5.41, 5.74) is 0.670. The lowest BCUT2D eigenvalue weighted by Gasteiger charge is -2.42. The number of ether oxygens (including phenoxy) is 6. The quantitative estimate of drug-likeness (QED) is 0.129. The van der Waals surface area contributed by atoms with Gasteiger partial charge in [-0.15, -0.1) is 0 Å². The van der Waals surface area contributed by atoms with Gasteiger partial charge in [-0.2, -0.15) is 0 Å². The first-order valence-corrected chi connectivity index (χ1v) is 24.9. The fourth-order valence-corrected chi connectivity index (χ4v) is 10.2. The van der Waals surface area contributed by atoms with Crippen molar-refractivity contribution in [3.05, 3.63) is 47.6 Å². The number of carbonyl (C=O) groups is 5. The summed E-state index contributed by atoms with van der Waals surface area (Å²) in [4.78, 5) is 72.8. The minimum Gasteiger partial charge on any atom is -0.460 e. The van der Waals surface area contributed by atoms with E-state index in [1.54, 1.807) is 53.0 Å². The van der Waals surface area contributed by atoms with E-state index in [1.165, 1.54) is 46.1 Å². The van der Waals surface area contributed by atoms with Crippen molar-refractivity contribution < 1.29 is 74.6 Å². The zero-order valence-electron chi connectivity index (χ0n) is 47.6. The molecule has 1 unspecified atom stereocenters. The van der Waals surface area contributed by atoms with Crippen LogP contribution < -0.4 is 0 Å². The van der Waals surface area contributed by atoms with Crippen molar-refractivity contribution in [2.75, 3.05) is 41.0 Å². The van der Waals surface area contributed by atoms with E-state index in [4.69, 9.17) is 32.5 Å². The molecule has 2 bridgehead atoms. The topological polar surface area (TPSA) is 205 Å². The van der Waals surface area contributed by atoms with E-state index < -0.39 is 108 Å². The zero-order chi connectivity index (χ0) is 55.5. The Bertz CT molecular complexity index is 2060. The summed E-state index contributed by atoms with van der Waals surface area (Å²) < 4.78 is 77.3. The van der Waals surface area contributed by atoms with E-state index in [9.17, 15) is 42.0 Å². The van der Waals surface area contributed by atoms with Gasteiger partial charge in [0.2, 0.25) is 5.79 Å². The fourth-order valence-electron chi connectivity index (χ4n) is 10.2. The number of esters is 1. The Labute approximate surface area is 418 Å². The maximum atomic E-state index is 14.5. The second kappa shape index (κ2) is 27.4. The number of methoxy groups -OCH3 is 3. The zero-order valence-corrected chi connectivity index (χ0v) is 42.6. The number of aliphatic hydroxyl groups is 3. The van der Waals surface area contributed by atoms with Crippen LogP contribution in [0, 0.1) is 41.4 Å². The van der Waals surface area contributed by atoms with Gasteiger partial charge in [0.05, 0.1) is 41.7 Å². The molecule has 2 saturated heterocycles. The van der Waals surface area contributed by atoms with Crippen LogP contribution in [0.4, 0.5) is 0 Å². The molecule has 4 rings (SSSR count). The molecule has 15 nitrogen and oxygen atoms in total. The van der Waals surface area contributed by atoms with Gasteiger partial charge in [-0.05, 0) is 106 Å². The van der Waals surface area contributed by atoms with Crippen LogP contribution in [0.2, 0.25) is 0 Å². The number of allylic oxidation sites excluding steroid dienone is 6. The highest BCUT2D eigenvalue weighted by Gasteiger charge is 2.53. The minimum absolute atomic E-state index is 0.00613. The van der Waals surface area contributed by atoms with Gasteiger partial charge < -0.3 is 48.6 Å². The molecule has 3 heterocycles. The summed E-state index contributed by atoms with van der Waals surface area (Å²) in [5, 5.41) is 33.0. The Morgan fingerprint density at radius 3 is 2.33 bits per heavy atom. The molecule has 69 heavy (non-hydrogen) atoms. The van der Waals surface area contributed by atoms with Crippen LogP contribution in [0.15, 0.2) is 47.6 Å². The minimum atomic E-state index is -2.86. The van der Waals surface area contributed by atoms with Crippen LogP contribution in [0.3, 0.4) is 0 Å². The summed E-state index contributed by atoms with van der Waals surface area (Å²) >= 11 is 0. The first-order chi connectivity index (χ1) is 34.5. The molecule has 390 valence electrons. The van der Waals surface area contributed by atoms with Crippen LogP contribution >= 0.6 is 0 Å². The third-order valence-electron chi connectivity index (χ3n) is 15.1. The highest BCUT2D eigenvalue weighted by Crippen LogP contribution is 2.38. The maximum Gasteiger partial charge on any atom is 0.329 e. The molecule has 3 N–H and O–H groups in total. The second-order valence-electron chi connectivity index (χ2n) is 20.0. The van der Waals surface area contributed by atoms with Gasteiger partial charge in [-0.3, -0.25) is 19.2 Å². The van der Waals surface area contributed by atoms with E-state index in [1.807, 2.05) is 6.92 Å². The molecule has 1 amide bonds. The molecule has 15 heteroatoms. The van der Waals surface area contributed by atoms with Gasteiger partial charge in [0, 0.05) is 61.1 Å². The molecule has 0 aromatic rings. The predicted molar refractivity (Wildman–Crippen MR) is 261 cm³/mol. The Morgan fingerprint density at radius 1 is 0.913 bits per heavy atom. The molecule has 0 aromatic carbocycles. The number of fused-ring (bicyclic) bond motifs is 3. The van der Waals surface area contributed by atoms with Crippen LogP contribution in [-0.4, -0.2) is 145 Å². The lowest BCUT2D eigenvalue weighted by atomic mass is 9.78. The standard InChI is InChI=1S/C54H85NO14/c1-32-17-13-12-14-18-33(2)45(64-9)30-41-22-20-37(6)54(63,69-41)51(60)52(61)55-24-16-15-19-42(55)53(62)68-46(35(4)28-40-21-23-44(67-26-25-56)47(29-40)65-10)31-43(57)34(3)27-36(5)48(58)50(66-11)49(59)39(8)38(32)7/h12-14,17-18,27,32,34-35,37-42,44-48,50,56,58,63H,15-16,19-26,28-31H2,1-11H3/b14-12?,17-13+,33-18?,36-27+/t32-,34-,35-,37-,38?,39-,40+,41+,42+,44-,45+,46+,47-,48-,50-,54-/m1/s1/i9D3,32D,38D. The fraction of sp³-hybridized carbons (Fsp3) is 0.759. The van der Waals surface area contributed by atoms with Gasteiger partial charge >= 0.3 is 5.97 Å². The molecule has 0 radical (unpaired) electrons. The molecule has 16 atom stereocenters. The molecule has 4 aliphatic rings. The van der Waals surface area contributed by atoms with Crippen LogP contribution in [0.25, 0.3) is 0 Å². The number of carbonyl (C=O) groups excluding carboxylic acids is 5. The van der Waals surface area contributed by atoms with Gasteiger partial charge in [0.25, 0.3) is 11.7 Å². The van der Waals surface area contributed by atoms with Crippen LogP contribution in [0.5, 0.6) is 0 Å². The Balaban J connectivity index is 1.78. The average Bonchev–Trinajstić information content (AvgIpc) is 3.34. The summed E-state index contributed by atoms with van der Waals surface area (Å²) in [6.45, 7) is 12.7. The normalized spacial score (nSPS) is 42.0. The highest BCUT2D eigenvalue weighted by atomic mass is 16.6. The monoisotopic (exact) mass is 977 g/mol. The number of aliphatic hydroxyl groups excluding tert-OH is 2. The van der Waals surface area contributed by atoms with Crippen molar-refractivity contribution in [2.45, 2.75) is 181 Å². The first kappa shape index (κ1) is 50.5. The number of hydrogen-bond donors (Lipinski definition) is 3. The molecular weight excluding hydrogens is 887 g/mol. The van der Waals surface area contributed by atoms with Crippen molar-refractivity contribution in [3.8, 4) is 0 Å². The number of cyclic esters (lactones) is 1. The van der Waals surface area contributed by atoms with Crippen molar-refractivity contribution in [3.63, 3.8) is 0 Å². The molecule has 3 fully saturated rings. The smallest absolute Gasteiger partial charge is 0.329 e. The number of rotatable bonds is 9. The van der Waals surface area contributed by atoms with Gasteiger partial charge in [0.1, 0.15) is 30.1 Å². The molecule has 1 aliphatic carbocycles. The van der Waals surface area contributed by atoms with Gasteiger partial charge in [0.15, 0.2) is 5.78 Å². The number of hydrogen-bond acceptors (Lipinski definition) is 14. The Hall–Kier alpha value is -3.41. The van der Waals surface area contributed by atoms with Crippen molar-refractivity contribution in [1.82, 2.24) is 4.90 Å². The van der Waals surface area contributed by atoms with E-state index in [2.05, 4.69) is 0 Å². The van der Waals surface area contributed by atoms with Crippen molar-refractivity contribution >= 4 is 29.2 Å². The molecule has 0 aromatic heterocycles. The SMILES string of the molecule is [2H]C([2H])([2H])O[C@H]1C[C@@H]2CC[C@@H](C)[C@@](O)(O2)C(=O)C(=O)N2CCCC[C@H]2C(=O)O[C@H]([C@H](C)C[C@@H]2CC[C@@H](OCCO)[C@H](OC)C2)CC(=O)[C@H](C)/C=C(\C)[C@@H](O)[C@@H](OC)C(=O)[C@H](C)C([2H])(C)[C@]([2H])(C)/C=C/C=CC=C1C. The third kappa shape index (κ3) is 15.3. The molecule has 3 aliphatic heterocycles. The average molecular weight is 977 g/mol. The lowest BCUT2D eigenvalue weighted by Crippen LogP contribution is -2.61. The van der Waals surface area contributed by atoms with E-state index in [0.717, 1.165) is 11.3 Å². The first-order valence-electron chi connectivity index (χ1n) is 27.4. The van der Waals surface area contributed by atoms with E-state index >= 15 is 0 Å². The molecule has 1 saturated carbocycles. The number of piperidine rings is 1. The number of nitrogens with zero attached hydrogens (tertiary/aromatic N) is 1. The van der Waals surface area contributed by atoms with Gasteiger partial charge in [-0.25, -0.2) is 4.79 Å². The summed E-state index contributed by atoms with van der Waals surface area (Å²) in [7, 11) is -0.0123. The van der Waals surface area contributed by atoms with Crippen molar-refractivity contribution in [1.29, 1.82) is 0 Å². The maximum absolute atomic E-state index is 14.5. The van der Waals surface area contributed by atoms with Crippen LogP contribution in [0.1, 0.15) is 133 Å². The number of amides is 1. The van der Waals surface area contributed by atoms with E-state index in [0.29, 0.717) is 37.7 Å². The molecular formula is C54H85NO14. The lowest BCUT2D eigenvalue weighted by molar-refractivity contribution is -0.265. The van der Waals surface area contributed by atoms with Gasteiger partial charge in [-0.1, -0.05) is 78.0 Å². The summed E-state index contributed by atoms with van der Waals surface area (Å²) in [6, 6.07) is -1.25.